The van der Waals surface area contributed by atoms with Crippen LogP contribution >= 0.6 is 0 Å². The minimum absolute atomic E-state index is 0.0417. The van der Waals surface area contributed by atoms with Gasteiger partial charge in [0.15, 0.2) is 11.4 Å². The molecule has 1 aromatic carbocycles. The zero-order valence-electron chi connectivity index (χ0n) is 11.7. The van der Waals surface area contributed by atoms with Crippen LogP contribution in [0.4, 0.5) is 0 Å². The quantitative estimate of drug-likeness (QED) is 0.630. The molecule has 1 N–H and O–H groups in total. The van der Waals surface area contributed by atoms with Crippen LogP contribution in [0.15, 0.2) is 65.7 Å². The topological polar surface area (TPSA) is 63.6 Å². The van der Waals surface area contributed by atoms with E-state index in [9.17, 15) is 0 Å². The minimum Gasteiger partial charge on any atom is -0.463 e. The van der Waals surface area contributed by atoms with Crippen molar-refractivity contribution < 1.29 is 9.52 Å². The van der Waals surface area contributed by atoms with Gasteiger partial charge in [0, 0.05) is 11.8 Å². The smallest absolute Gasteiger partial charge is 0.155 e. The molecule has 22 heavy (non-hydrogen) atoms. The largest absolute Gasteiger partial charge is 0.463 e. The Balaban J connectivity index is 1.85. The lowest BCUT2D eigenvalue weighted by molar-refractivity contribution is 0.282. The summed E-state index contributed by atoms with van der Waals surface area (Å²) in [6.07, 6.45) is 7.08. The number of aliphatic hydroxyl groups excluding tert-OH is 1. The first-order chi connectivity index (χ1) is 10.8. The lowest BCUT2D eigenvalue weighted by atomic mass is 10.1. The third kappa shape index (κ3) is 2.08. The van der Waals surface area contributed by atoms with Crippen LogP contribution in [-0.4, -0.2) is 19.5 Å². The van der Waals surface area contributed by atoms with E-state index in [0.29, 0.717) is 0 Å². The molecular weight excluding hydrogens is 278 g/mol. The summed E-state index contributed by atoms with van der Waals surface area (Å²) in [7, 11) is 0. The zero-order chi connectivity index (χ0) is 14.9. The number of imidazole rings is 1. The van der Waals surface area contributed by atoms with Gasteiger partial charge in [0.2, 0.25) is 0 Å². The molecule has 0 unspecified atom stereocenters. The molecule has 0 radical (unpaired) electrons. The Hall–Kier alpha value is -2.92. The predicted molar refractivity (Wildman–Crippen MR) is 82.0 cm³/mol. The summed E-state index contributed by atoms with van der Waals surface area (Å²) in [5, 5.41) is 9.14. The van der Waals surface area contributed by atoms with Crippen molar-refractivity contribution in [1.29, 1.82) is 0 Å². The molecule has 4 rings (SSSR count). The number of nitrogens with zero attached hydrogens (tertiary/aromatic N) is 3. The Morgan fingerprint density at radius 2 is 1.91 bits per heavy atom. The Morgan fingerprint density at radius 3 is 2.64 bits per heavy atom. The molecule has 0 fully saturated rings. The minimum atomic E-state index is 0.0417. The van der Waals surface area contributed by atoms with Crippen molar-refractivity contribution in [2.24, 2.45) is 0 Å². The first kappa shape index (κ1) is 12.8. The number of benzene rings is 1. The van der Waals surface area contributed by atoms with Gasteiger partial charge in [0.1, 0.15) is 5.69 Å². The maximum atomic E-state index is 9.14. The van der Waals surface area contributed by atoms with Gasteiger partial charge in [-0.05, 0) is 17.7 Å². The fourth-order valence-corrected chi connectivity index (χ4v) is 2.44. The molecule has 0 bridgehead atoms. The third-order valence-electron chi connectivity index (χ3n) is 3.60. The van der Waals surface area contributed by atoms with Gasteiger partial charge >= 0.3 is 0 Å². The molecular formula is C17H13N3O2. The van der Waals surface area contributed by atoms with Crippen LogP contribution in [-0.2, 0) is 6.61 Å². The Kier molecular flexibility index (Phi) is 2.98. The molecule has 0 atom stereocenters. The fraction of sp³-hybridized carbons (Fsp3) is 0.0588. The highest BCUT2D eigenvalue weighted by Crippen LogP contribution is 2.24. The van der Waals surface area contributed by atoms with Crippen LogP contribution in [0, 0.1) is 0 Å². The third-order valence-corrected chi connectivity index (χ3v) is 3.60. The number of hydrogen-bond acceptors (Lipinski definition) is 4. The van der Waals surface area contributed by atoms with Gasteiger partial charge in [-0.25, -0.2) is 9.97 Å². The van der Waals surface area contributed by atoms with Crippen molar-refractivity contribution in [2.75, 3.05) is 0 Å². The summed E-state index contributed by atoms with van der Waals surface area (Å²) in [6.45, 7) is 0.0417. The Labute approximate surface area is 126 Å². The molecule has 0 aliphatic heterocycles. The van der Waals surface area contributed by atoms with Crippen LogP contribution in [0.5, 0.6) is 0 Å². The SMILES string of the molecule is OCc1ccc(-c2cnc3cnc(-c4ccco4)cn23)cc1. The zero-order valence-corrected chi connectivity index (χ0v) is 11.7. The number of aromatic nitrogens is 3. The molecule has 0 aliphatic rings. The molecule has 5 nitrogen and oxygen atoms in total. The number of furan rings is 1. The van der Waals surface area contributed by atoms with E-state index in [2.05, 4.69) is 9.97 Å². The summed E-state index contributed by atoms with van der Waals surface area (Å²) >= 11 is 0. The normalized spacial score (nSPS) is 11.1. The predicted octanol–water partition coefficient (Wildman–Crippen LogP) is 3.15. The van der Waals surface area contributed by atoms with E-state index in [4.69, 9.17) is 9.52 Å². The van der Waals surface area contributed by atoms with Crippen molar-refractivity contribution in [2.45, 2.75) is 6.61 Å². The van der Waals surface area contributed by atoms with Gasteiger partial charge in [0.25, 0.3) is 0 Å². The molecule has 0 amide bonds. The highest BCUT2D eigenvalue weighted by Gasteiger charge is 2.09. The second-order valence-electron chi connectivity index (χ2n) is 4.98. The molecule has 3 aromatic heterocycles. The maximum absolute atomic E-state index is 9.14. The lowest BCUT2D eigenvalue weighted by Crippen LogP contribution is -1.92. The van der Waals surface area contributed by atoms with Gasteiger partial charge in [-0.3, -0.25) is 4.40 Å². The number of fused-ring (bicyclic) bond motifs is 1. The molecule has 3 heterocycles. The monoisotopic (exact) mass is 291 g/mol. The van der Waals surface area contributed by atoms with Crippen molar-refractivity contribution in [1.82, 2.24) is 14.4 Å². The number of rotatable bonds is 3. The standard InChI is InChI=1S/C17H13N3O2/c21-11-12-3-5-13(6-4-12)15-8-19-17-9-18-14(10-20(15)17)16-2-1-7-22-16/h1-10,21H,11H2. The number of aliphatic hydroxyl groups is 1. The maximum Gasteiger partial charge on any atom is 0.155 e. The first-order valence-corrected chi connectivity index (χ1v) is 6.92. The first-order valence-electron chi connectivity index (χ1n) is 6.92. The van der Waals surface area contributed by atoms with Gasteiger partial charge in [-0.2, -0.15) is 0 Å². The molecule has 4 aromatic rings. The molecule has 0 saturated heterocycles. The van der Waals surface area contributed by atoms with E-state index in [0.717, 1.165) is 33.9 Å². The highest BCUT2D eigenvalue weighted by atomic mass is 16.3. The van der Waals surface area contributed by atoms with Crippen molar-refractivity contribution in [3.8, 4) is 22.7 Å². The number of hydrogen-bond donors (Lipinski definition) is 1. The van der Waals surface area contributed by atoms with Crippen LogP contribution in [0.2, 0.25) is 0 Å². The Bertz CT molecular complexity index is 909. The average Bonchev–Trinajstić information content (AvgIpc) is 3.24. The molecule has 108 valence electrons. The molecule has 5 heteroatoms. The van der Waals surface area contributed by atoms with E-state index in [1.807, 2.05) is 53.2 Å². The van der Waals surface area contributed by atoms with Crippen LogP contribution in [0.25, 0.3) is 28.4 Å². The van der Waals surface area contributed by atoms with Crippen LogP contribution in [0.1, 0.15) is 5.56 Å². The summed E-state index contributed by atoms with van der Waals surface area (Å²) in [5.41, 5.74) is 4.41. The molecule has 0 aliphatic carbocycles. The Morgan fingerprint density at radius 1 is 1.05 bits per heavy atom. The van der Waals surface area contributed by atoms with E-state index >= 15 is 0 Å². The van der Waals surface area contributed by atoms with Crippen molar-refractivity contribution in [3.05, 3.63) is 66.8 Å². The van der Waals surface area contributed by atoms with Crippen LogP contribution < -0.4 is 0 Å². The van der Waals surface area contributed by atoms with Crippen molar-refractivity contribution in [3.63, 3.8) is 0 Å². The van der Waals surface area contributed by atoms with Crippen LogP contribution in [0.3, 0.4) is 0 Å². The summed E-state index contributed by atoms with van der Waals surface area (Å²) < 4.78 is 7.38. The summed E-state index contributed by atoms with van der Waals surface area (Å²) in [4.78, 5) is 8.75. The fourth-order valence-electron chi connectivity index (χ4n) is 2.44. The van der Waals surface area contributed by atoms with E-state index in [1.54, 1.807) is 12.5 Å². The molecule has 0 saturated carbocycles. The lowest BCUT2D eigenvalue weighted by Gasteiger charge is -2.04. The van der Waals surface area contributed by atoms with Gasteiger partial charge in [0.05, 0.1) is 31.0 Å². The molecule has 0 spiro atoms. The van der Waals surface area contributed by atoms with E-state index in [-0.39, 0.29) is 6.61 Å². The average molecular weight is 291 g/mol. The second kappa shape index (κ2) is 5.13. The van der Waals surface area contributed by atoms with E-state index in [1.165, 1.54) is 0 Å². The van der Waals surface area contributed by atoms with Crippen molar-refractivity contribution >= 4 is 5.65 Å². The van der Waals surface area contributed by atoms with Gasteiger partial charge in [-0.15, -0.1) is 0 Å². The van der Waals surface area contributed by atoms with Gasteiger partial charge < -0.3 is 9.52 Å². The summed E-state index contributed by atoms with van der Waals surface area (Å²) in [6, 6.07) is 11.5. The van der Waals surface area contributed by atoms with Gasteiger partial charge in [-0.1, -0.05) is 24.3 Å². The van der Waals surface area contributed by atoms with E-state index < -0.39 is 0 Å². The second-order valence-corrected chi connectivity index (χ2v) is 4.98. The summed E-state index contributed by atoms with van der Waals surface area (Å²) in [5.74, 6) is 0.720. The highest BCUT2D eigenvalue weighted by molar-refractivity contribution is 5.65.